The summed E-state index contributed by atoms with van der Waals surface area (Å²) < 4.78 is 16.9. The first kappa shape index (κ1) is 20.5. The Labute approximate surface area is 180 Å². The maximum absolute atomic E-state index is 15.1. The Hall–Kier alpha value is -3.78. The zero-order valence-electron chi connectivity index (χ0n) is 17.4. The van der Waals surface area contributed by atoms with Gasteiger partial charge in [-0.1, -0.05) is 30.3 Å². The van der Waals surface area contributed by atoms with Crippen LogP contribution in [0.5, 0.6) is 0 Å². The molecular formula is C23H23FN6O. The van der Waals surface area contributed by atoms with E-state index in [1.165, 1.54) is 16.0 Å². The molecule has 0 atom stereocenters. The molecule has 2 amide bonds. The largest absolute Gasteiger partial charge is 0.349 e. The number of hydrogen-bond acceptors (Lipinski definition) is 4. The van der Waals surface area contributed by atoms with Gasteiger partial charge >= 0.3 is 6.03 Å². The second-order valence-electron chi connectivity index (χ2n) is 7.36. The molecule has 0 aliphatic carbocycles. The molecule has 2 aromatic carbocycles. The van der Waals surface area contributed by atoms with Crippen LogP contribution in [0.3, 0.4) is 0 Å². The number of hydrazone groups is 1. The van der Waals surface area contributed by atoms with Crippen molar-refractivity contribution in [3.05, 3.63) is 90.4 Å². The third-order valence-electron chi connectivity index (χ3n) is 4.77. The standard InChI is InChI=1S/C23H23FN6O/c1-27(2)17-22-25-11-14-28(22)19-9-10-21(20(24)15-19)29-12-6-13-30(23(29)31)26-16-18-7-4-3-5-8-18/h3-11,13-16H,12,17H2,1-2H3. The summed E-state index contributed by atoms with van der Waals surface area (Å²) in [7, 11) is 3.90. The van der Waals surface area contributed by atoms with Crippen LogP contribution in [0.4, 0.5) is 14.9 Å². The number of anilines is 1. The SMILES string of the molecule is CN(C)Cc1nccn1-c1ccc(N2CC=CN(N=Cc3ccccc3)C2=O)c(F)c1. The van der Waals surface area contributed by atoms with Crippen molar-refractivity contribution in [3.8, 4) is 5.69 Å². The predicted octanol–water partition coefficient (Wildman–Crippen LogP) is 3.86. The highest BCUT2D eigenvalue weighted by molar-refractivity contribution is 5.94. The van der Waals surface area contributed by atoms with Gasteiger partial charge in [-0.2, -0.15) is 10.1 Å². The van der Waals surface area contributed by atoms with Gasteiger partial charge in [0.1, 0.15) is 11.6 Å². The molecule has 0 radical (unpaired) electrons. The average molecular weight is 418 g/mol. The van der Waals surface area contributed by atoms with Gasteiger partial charge in [-0.25, -0.2) is 14.2 Å². The third kappa shape index (κ3) is 4.54. The van der Waals surface area contributed by atoms with Gasteiger partial charge < -0.3 is 9.47 Å². The highest BCUT2D eigenvalue weighted by atomic mass is 19.1. The van der Waals surface area contributed by atoms with Gasteiger partial charge in [-0.3, -0.25) is 4.90 Å². The fourth-order valence-corrected chi connectivity index (χ4v) is 3.31. The molecule has 0 bridgehead atoms. The molecule has 8 heteroatoms. The number of aromatic nitrogens is 2. The maximum atomic E-state index is 15.1. The number of rotatable bonds is 6. The molecule has 0 unspecified atom stereocenters. The fraction of sp³-hybridized carbons (Fsp3) is 0.174. The molecular weight excluding hydrogens is 395 g/mol. The van der Waals surface area contributed by atoms with Crippen LogP contribution in [0.1, 0.15) is 11.4 Å². The topological polar surface area (TPSA) is 57.0 Å². The van der Waals surface area contributed by atoms with E-state index in [4.69, 9.17) is 0 Å². The van der Waals surface area contributed by atoms with E-state index in [2.05, 4.69) is 10.1 Å². The fourth-order valence-electron chi connectivity index (χ4n) is 3.31. The summed E-state index contributed by atoms with van der Waals surface area (Å²) in [4.78, 5) is 20.6. The molecule has 1 aliphatic heterocycles. The minimum Gasteiger partial charge on any atom is -0.303 e. The van der Waals surface area contributed by atoms with Crippen molar-refractivity contribution in [2.45, 2.75) is 6.54 Å². The molecule has 0 fully saturated rings. The van der Waals surface area contributed by atoms with Crippen molar-refractivity contribution in [2.24, 2.45) is 5.10 Å². The van der Waals surface area contributed by atoms with Crippen molar-refractivity contribution < 1.29 is 9.18 Å². The van der Waals surface area contributed by atoms with Crippen LogP contribution >= 0.6 is 0 Å². The van der Waals surface area contributed by atoms with Crippen molar-refractivity contribution in [1.82, 2.24) is 19.5 Å². The Bertz CT molecular complexity index is 1120. The molecule has 1 aromatic heterocycles. The van der Waals surface area contributed by atoms with Crippen LogP contribution in [0.15, 0.2) is 78.3 Å². The van der Waals surface area contributed by atoms with Gasteiger partial charge in [0.05, 0.1) is 18.4 Å². The van der Waals surface area contributed by atoms with Gasteiger partial charge in [0.2, 0.25) is 0 Å². The monoisotopic (exact) mass is 418 g/mol. The Balaban J connectivity index is 1.56. The number of amides is 2. The number of carbonyl (C=O) groups excluding carboxylic acids is 1. The summed E-state index contributed by atoms with van der Waals surface area (Å²) >= 11 is 0. The summed E-state index contributed by atoms with van der Waals surface area (Å²) in [6.07, 6.45) is 8.43. The van der Waals surface area contributed by atoms with Crippen molar-refractivity contribution in [3.63, 3.8) is 0 Å². The molecule has 0 saturated heterocycles. The van der Waals surface area contributed by atoms with E-state index < -0.39 is 11.8 Å². The first-order valence-electron chi connectivity index (χ1n) is 9.86. The van der Waals surface area contributed by atoms with Gasteiger partial charge in [0.15, 0.2) is 0 Å². The third-order valence-corrected chi connectivity index (χ3v) is 4.77. The predicted molar refractivity (Wildman–Crippen MR) is 119 cm³/mol. The second kappa shape index (κ2) is 8.93. The van der Waals surface area contributed by atoms with Crippen LogP contribution in [-0.4, -0.2) is 52.3 Å². The number of benzene rings is 2. The van der Waals surface area contributed by atoms with E-state index in [1.807, 2.05) is 53.9 Å². The number of nitrogens with zero attached hydrogens (tertiary/aromatic N) is 6. The number of hydrogen-bond donors (Lipinski definition) is 0. The number of imidazole rings is 1. The Morgan fingerprint density at radius 1 is 1.19 bits per heavy atom. The highest BCUT2D eigenvalue weighted by Crippen LogP contribution is 2.26. The number of halogens is 1. The molecule has 0 saturated carbocycles. The van der Waals surface area contributed by atoms with Crippen LogP contribution in [0, 0.1) is 5.82 Å². The molecule has 7 nitrogen and oxygen atoms in total. The van der Waals surface area contributed by atoms with E-state index in [1.54, 1.807) is 43.0 Å². The van der Waals surface area contributed by atoms with E-state index in [9.17, 15) is 4.79 Å². The normalized spacial score (nSPS) is 14.3. The van der Waals surface area contributed by atoms with Crippen molar-refractivity contribution in [2.75, 3.05) is 25.5 Å². The zero-order chi connectivity index (χ0) is 21.8. The molecule has 0 N–H and O–H groups in total. The summed E-state index contributed by atoms with van der Waals surface area (Å²) in [5, 5.41) is 5.43. The van der Waals surface area contributed by atoms with E-state index >= 15 is 4.39 Å². The molecule has 3 aromatic rings. The molecule has 2 heterocycles. The van der Waals surface area contributed by atoms with Crippen LogP contribution in [0.25, 0.3) is 5.69 Å². The van der Waals surface area contributed by atoms with Gasteiger partial charge in [0, 0.05) is 36.9 Å². The lowest BCUT2D eigenvalue weighted by Crippen LogP contribution is -2.42. The number of urea groups is 1. The maximum Gasteiger partial charge on any atom is 0.349 e. The molecule has 4 rings (SSSR count). The summed E-state index contributed by atoms with van der Waals surface area (Å²) in [6.45, 7) is 0.892. The van der Waals surface area contributed by atoms with Crippen LogP contribution in [-0.2, 0) is 6.54 Å². The summed E-state index contributed by atoms with van der Waals surface area (Å²) in [6, 6.07) is 13.9. The Kier molecular flexibility index (Phi) is 5.90. The minimum atomic E-state index is -0.488. The second-order valence-corrected chi connectivity index (χ2v) is 7.36. The highest BCUT2D eigenvalue weighted by Gasteiger charge is 2.26. The lowest BCUT2D eigenvalue weighted by atomic mass is 10.2. The zero-order valence-corrected chi connectivity index (χ0v) is 17.4. The first-order chi connectivity index (χ1) is 15.0. The summed E-state index contributed by atoms with van der Waals surface area (Å²) in [5.41, 5.74) is 1.71. The van der Waals surface area contributed by atoms with E-state index in [0.717, 1.165) is 11.4 Å². The lowest BCUT2D eigenvalue weighted by molar-refractivity contribution is 0.222. The molecule has 31 heavy (non-hydrogen) atoms. The van der Waals surface area contributed by atoms with E-state index in [-0.39, 0.29) is 12.2 Å². The minimum absolute atomic E-state index is 0.201. The smallest absolute Gasteiger partial charge is 0.303 e. The first-order valence-corrected chi connectivity index (χ1v) is 9.86. The lowest BCUT2D eigenvalue weighted by Gasteiger charge is -2.29. The molecule has 1 aliphatic rings. The van der Waals surface area contributed by atoms with Crippen molar-refractivity contribution in [1.29, 1.82) is 0 Å². The van der Waals surface area contributed by atoms with Gasteiger partial charge in [-0.15, -0.1) is 0 Å². The van der Waals surface area contributed by atoms with Crippen LogP contribution < -0.4 is 4.90 Å². The quantitative estimate of drug-likeness (QED) is 0.571. The van der Waals surface area contributed by atoms with E-state index in [0.29, 0.717) is 12.2 Å². The Morgan fingerprint density at radius 3 is 2.74 bits per heavy atom. The van der Waals surface area contributed by atoms with Gasteiger partial charge in [0.25, 0.3) is 0 Å². The molecule has 0 spiro atoms. The Morgan fingerprint density at radius 2 is 2.00 bits per heavy atom. The molecule has 158 valence electrons. The average Bonchev–Trinajstić information content (AvgIpc) is 3.21. The van der Waals surface area contributed by atoms with Crippen LogP contribution in [0.2, 0.25) is 0 Å². The van der Waals surface area contributed by atoms with Gasteiger partial charge in [-0.05, 0) is 37.9 Å². The number of carbonyl (C=O) groups is 1. The van der Waals surface area contributed by atoms with Crippen molar-refractivity contribution >= 4 is 17.9 Å². The summed E-state index contributed by atoms with van der Waals surface area (Å²) in [5.74, 6) is 0.313.